The molecule has 1 aromatic heterocycles. The summed E-state index contributed by atoms with van der Waals surface area (Å²) in [5.74, 6) is 0.945. The van der Waals surface area contributed by atoms with Crippen LogP contribution in [0.25, 0.3) is 11.3 Å². The fourth-order valence-corrected chi connectivity index (χ4v) is 3.22. The molecule has 0 aliphatic rings. The largest absolute Gasteiger partial charge is 0.493 e. The zero-order chi connectivity index (χ0) is 15.6. The Hall–Kier alpha value is -1.35. The van der Waals surface area contributed by atoms with Crippen molar-refractivity contribution in [3.05, 3.63) is 34.7 Å². The van der Waals surface area contributed by atoms with Gasteiger partial charge in [-0.05, 0) is 37.5 Å². The third kappa shape index (κ3) is 5.13. The number of thiazole rings is 1. The third-order valence-electron chi connectivity index (χ3n) is 3.87. The van der Waals surface area contributed by atoms with E-state index in [1.807, 2.05) is 12.4 Å². The van der Waals surface area contributed by atoms with Gasteiger partial charge in [0, 0.05) is 10.9 Å². The first-order valence-electron chi connectivity index (χ1n) is 8.49. The minimum absolute atomic E-state index is 0.688. The molecule has 0 spiro atoms. The van der Waals surface area contributed by atoms with Gasteiger partial charge in [-0.3, -0.25) is 0 Å². The topological polar surface area (TPSA) is 22.1 Å². The van der Waals surface area contributed by atoms with Crippen molar-refractivity contribution in [2.24, 2.45) is 0 Å². The molecule has 1 heterocycles. The molecule has 0 saturated carbocycles. The van der Waals surface area contributed by atoms with Gasteiger partial charge >= 0.3 is 0 Å². The van der Waals surface area contributed by atoms with Crippen molar-refractivity contribution >= 4 is 11.3 Å². The molecule has 3 heteroatoms. The Morgan fingerprint density at radius 1 is 1.05 bits per heavy atom. The van der Waals surface area contributed by atoms with Crippen molar-refractivity contribution in [2.75, 3.05) is 6.61 Å². The average Bonchev–Trinajstić information content (AvgIpc) is 3.06. The van der Waals surface area contributed by atoms with Crippen molar-refractivity contribution in [1.82, 2.24) is 4.98 Å². The first kappa shape index (κ1) is 17.0. The van der Waals surface area contributed by atoms with Gasteiger partial charge in [-0.2, -0.15) is 0 Å². The van der Waals surface area contributed by atoms with Crippen molar-refractivity contribution < 1.29 is 4.74 Å². The van der Waals surface area contributed by atoms with E-state index >= 15 is 0 Å². The fourth-order valence-electron chi connectivity index (χ4n) is 2.67. The van der Waals surface area contributed by atoms with Crippen molar-refractivity contribution in [3.8, 4) is 17.0 Å². The quantitative estimate of drug-likeness (QED) is 0.493. The summed E-state index contributed by atoms with van der Waals surface area (Å²) in [6, 6.07) is 6.56. The van der Waals surface area contributed by atoms with Gasteiger partial charge in [0.2, 0.25) is 0 Å². The summed E-state index contributed by atoms with van der Waals surface area (Å²) in [5.41, 5.74) is 5.43. The Morgan fingerprint density at radius 2 is 1.86 bits per heavy atom. The van der Waals surface area contributed by atoms with E-state index in [0.717, 1.165) is 23.4 Å². The van der Waals surface area contributed by atoms with E-state index in [1.165, 1.54) is 44.1 Å². The second-order valence-corrected chi connectivity index (χ2v) is 6.37. The highest BCUT2D eigenvalue weighted by Crippen LogP contribution is 2.31. The first-order chi connectivity index (χ1) is 10.8. The molecule has 0 bridgehead atoms. The number of hydrogen-bond acceptors (Lipinski definition) is 3. The molecular formula is C19H27NOS. The van der Waals surface area contributed by atoms with E-state index in [2.05, 4.69) is 35.5 Å². The highest BCUT2D eigenvalue weighted by molar-refractivity contribution is 7.07. The average molecular weight is 317 g/mol. The molecule has 0 saturated heterocycles. The van der Waals surface area contributed by atoms with Crippen LogP contribution in [0.3, 0.4) is 0 Å². The number of unbranched alkanes of at least 4 members (excludes halogenated alkanes) is 5. The standard InChI is InChI=1S/C19H27NOS/c1-3-5-6-7-8-9-10-16-11-12-19(21-4-2)17(13-16)18-14-22-15-20-18/h11-15H,3-10H2,1-2H3. The summed E-state index contributed by atoms with van der Waals surface area (Å²) in [4.78, 5) is 4.44. The molecule has 0 aliphatic heterocycles. The molecule has 0 fully saturated rings. The van der Waals surface area contributed by atoms with Crippen LogP contribution >= 0.6 is 11.3 Å². The van der Waals surface area contributed by atoms with E-state index in [-0.39, 0.29) is 0 Å². The predicted octanol–water partition coefficient (Wildman–Crippen LogP) is 6.11. The lowest BCUT2D eigenvalue weighted by Gasteiger charge is -2.11. The monoisotopic (exact) mass is 317 g/mol. The fraction of sp³-hybridized carbons (Fsp3) is 0.526. The van der Waals surface area contributed by atoms with Crippen LogP contribution in [0.1, 0.15) is 57.9 Å². The Balaban J connectivity index is 1.96. The van der Waals surface area contributed by atoms with E-state index in [0.29, 0.717) is 6.61 Å². The molecule has 2 rings (SSSR count). The van der Waals surface area contributed by atoms with Crippen LogP contribution in [-0.4, -0.2) is 11.6 Å². The Morgan fingerprint density at radius 3 is 2.59 bits per heavy atom. The second kappa shape index (κ2) is 9.62. The van der Waals surface area contributed by atoms with Crippen LogP contribution in [0.5, 0.6) is 5.75 Å². The van der Waals surface area contributed by atoms with Crippen LogP contribution in [0.4, 0.5) is 0 Å². The number of aryl methyl sites for hydroxylation is 1. The number of hydrogen-bond donors (Lipinski definition) is 0. The zero-order valence-corrected chi connectivity index (χ0v) is 14.6. The number of rotatable bonds is 10. The molecule has 0 aliphatic carbocycles. The van der Waals surface area contributed by atoms with Gasteiger partial charge in [0.25, 0.3) is 0 Å². The maximum absolute atomic E-state index is 5.75. The lowest BCUT2D eigenvalue weighted by molar-refractivity contribution is 0.341. The van der Waals surface area contributed by atoms with Gasteiger partial charge in [0.1, 0.15) is 5.75 Å². The Kier molecular flexibility index (Phi) is 7.44. The highest BCUT2D eigenvalue weighted by atomic mass is 32.1. The summed E-state index contributed by atoms with van der Waals surface area (Å²) in [5, 5.41) is 2.09. The maximum Gasteiger partial charge on any atom is 0.128 e. The number of benzene rings is 1. The molecule has 0 unspecified atom stereocenters. The number of aromatic nitrogens is 1. The molecule has 2 aromatic rings. The number of ether oxygens (including phenoxy) is 1. The minimum Gasteiger partial charge on any atom is -0.493 e. The van der Waals surface area contributed by atoms with Gasteiger partial charge < -0.3 is 4.74 Å². The molecular weight excluding hydrogens is 290 g/mol. The molecule has 0 N–H and O–H groups in total. The van der Waals surface area contributed by atoms with E-state index < -0.39 is 0 Å². The normalized spacial score (nSPS) is 10.8. The second-order valence-electron chi connectivity index (χ2n) is 5.65. The molecule has 1 aromatic carbocycles. The van der Waals surface area contributed by atoms with Crippen LogP contribution in [-0.2, 0) is 6.42 Å². The SMILES string of the molecule is CCCCCCCCc1ccc(OCC)c(-c2cscn2)c1. The van der Waals surface area contributed by atoms with Gasteiger partial charge in [0.15, 0.2) is 0 Å². The van der Waals surface area contributed by atoms with Crippen molar-refractivity contribution in [1.29, 1.82) is 0 Å². The predicted molar refractivity (Wildman–Crippen MR) is 95.8 cm³/mol. The smallest absolute Gasteiger partial charge is 0.128 e. The summed E-state index contributed by atoms with van der Waals surface area (Å²) in [7, 11) is 0. The molecule has 0 radical (unpaired) electrons. The van der Waals surface area contributed by atoms with Gasteiger partial charge in [-0.15, -0.1) is 11.3 Å². The van der Waals surface area contributed by atoms with Crippen molar-refractivity contribution in [3.63, 3.8) is 0 Å². The van der Waals surface area contributed by atoms with Crippen LogP contribution in [0, 0.1) is 0 Å². The van der Waals surface area contributed by atoms with Gasteiger partial charge in [-0.25, -0.2) is 4.98 Å². The van der Waals surface area contributed by atoms with Crippen LogP contribution in [0.15, 0.2) is 29.1 Å². The maximum atomic E-state index is 5.75. The lowest BCUT2D eigenvalue weighted by atomic mass is 10.0. The molecule has 0 amide bonds. The number of nitrogens with zero attached hydrogens (tertiary/aromatic N) is 1. The first-order valence-corrected chi connectivity index (χ1v) is 9.43. The van der Waals surface area contributed by atoms with Gasteiger partial charge in [0.05, 0.1) is 17.8 Å². The minimum atomic E-state index is 0.688. The molecule has 22 heavy (non-hydrogen) atoms. The summed E-state index contributed by atoms with van der Waals surface area (Å²) >= 11 is 1.63. The summed E-state index contributed by atoms with van der Waals surface area (Å²) in [6.45, 7) is 4.98. The Bertz CT molecular complexity index is 536. The van der Waals surface area contributed by atoms with E-state index in [4.69, 9.17) is 4.74 Å². The van der Waals surface area contributed by atoms with E-state index in [9.17, 15) is 0 Å². The van der Waals surface area contributed by atoms with Crippen LogP contribution < -0.4 is 4.74 Å². The third-order valence-corrected chi connectivity index (χ3v) is 4.46. The molecule has 120 valence electrons. The molecule has 0 atom stereocenters. The summed E-state index contributed by atoms with van der Waals surface area (Å²) in [6.07, 6.45) is 9.18. The molecule has 2 nitrogen and oxygen atoms in total. The zero-order valence-electron chi connectivity index (χ0n) is 13.8. The van der Waals surface area contributed by atoms with E-state index in [1.54, 1.807) is 11.3 Å². The summed E-state index contributed by atoms with van der Waals surface area (Å²) < 4.78 is 5.75. The van der Waals surface area contributed by atoms with Crippen molar-refractivity contribution in [2.45, 2.75) is 58.8 Å². The highest BCUT2D eigenvalue weighted by Gasteiger charge is 2.09. The van der Waals surface area contributed by atoms with Crippen LogP contribution in [0.2, 0.25) is 0 Å². The Labute approximate surface area is 138 Å². The van der Waals surface area contributed by atoms with Gasteiger partial charge in [-0.1, -0.05) is 45.1 Å². The lowest BCUT2D eigenvalue weighted by Crippen LogP contribution is -1.96.